The predicted molar refractivity (Wildman–Crippen MR) is 100 cm³/mol. The molecule has 0 saturated carbocycles. The lowest BCUT2D eigenvalue weighted by atomic mass is 10.0. The molecule has 0 aliphatic carbocycles. The number of nitrogens with zero attached hydrogens (tertiary/aromatic N) is 2. The molecule has 1 N–H and O–H groups in total. The fourth-order valence-electron chi connectivity index (χ4n) is 2.94. The Hall–Kier alpha value is -3.15. The van der Waals surface area contributed by atoms with E-state index in [-0.39, 0.29) is 17.9 Å². The smallest absolute Gasteiger partial charge is 0.329 e. The third-order valence-corrected chi connectivity index (χ3v) is 4.91. The molecule has 1 aromatic heterocycles. The maximum atomic E-state index is 12.8. The monoisotopic (exact) mass is 352 g/mol. The third-order valence-electron chi connectivity index (χ3n) is 4.91. The Morgan fingerprint density at radius 2 is 1.46 bits per heavy atom. The topological polar surface area (TPSA) is 79.6 Å². The summed E-state index contributed by atoms with van der Waals surface area (Å²) in [5, 5.41) is 10.4. The largest absolute Gasteiger partial charge is 0.480 e. The van der Waals surface area contributed by atoms with Crippen molar-refractivity contribution in [1.29, 1.82) is 0 Å². The summed E-state index contributed by atoms with van der Waals surface area (Å²) in [4.78, 5) is 38.2. The second kappa shape index (κ2) is 6.29. The van der Waals surface area contributed by atoms with Crippen molar-refractivity contribution in [2.75, 3.05) is 7.05 Å². The summed E-state index contributed by atoms with van der Waals surface area (Å²) in [5.41, 5.74) is -0.127. The summed E-state index contributed by atoms with van der Waals surface area (Å²) in [6, 6.07) is 14.2. The predicted octanol–water partition coefficient (Wildman–Crippen LogP) is 2.48. The second-order valence-electron chi connectivity index (χ2n) is 6.77. The van der Waals surface area contributed by atoms with Crippen molar-refractivity contribution in [2.45, 2.75) is 25.9 Å². The second-order valence-corrected chi connectivity index (χ2v) is 6.77. The highest BCUT2D eigenvalue weighted by molar-refractivity contribution is 5.95. The molecular formula is C20H20N2O4. The molecule has 0 bridgehead atoms. The van der Waals surface area contributed by atoms with Crippen molar-refractivity contribution in [1.82, 2.24) is 9.47 Å². The van der Waals surface area contributed by atoms with Crippen LogP contribution in [-0.2, 0) is 16.1 Å². The standard InChI is InChI=1S/C20H20N2O4/c1-20(2,19(25)26)21(3)17(23)12-22-15-10-6-4-8-13(15)18(24)14-9-5-7-11-16(14)22/h4-11H,12H2,1-3H3,(H,25,26). The highest BCUT2D eigenvalue weighted by atomic mass is 16.4. The van der Waals surface area contributed by atoms with Gasteiger partial charge in [0.15, 0.2) is 5.43 Å². The molecular weight excluding hydrogens is 332 g/mol. The Labute approximate surface area is 150 Å². The van der Waals surface area contributed by atoms with Gasteiger partial charge in [0, 0.05) is 17.8 Å². The minimum atomic E-state index is -1.33. The van der Waals surface area contributed by atoms with Crippen LogP contribution >= 0.6 is 0 Å². The zero-order valence-electron chi connectivity index (χ0n) is 14.9. The number of para-hydroxylation sites is 2. The fraction of sp³-hybridized carbons (Fsp3) is 0.250. The molecule has 0 fully saturated rings. The van der Waals surface area contributed by atoms with Gasteiger partial charge in [0.2, 0.25) is 5.91 Å². The molecule has 3 rings (SSSR count). The summed E-state index contributed by atoms with van der Waals surface area (Å²) in [7, 11) is 1.48. The van der Waals surface area contributed by atoms with Gasteiger partial charge in [-0.1, -0.05) is 24.3 Å². The number of amides is 1. The van der Waals surface area contributed by atoms with Crippen LogP contribution in [0, 0.1) is 0 Å². The van der Waals surface area contributed by atoms with Crippen molar-refractivity contribution < 1.29 is 14.7 Å². The quantitative estimate of drug-likeness (QED) is 0.732. The van der Waals surface area contributed by atoms with Crippen LogP contribution in [0.25, 0.3) is 21.8 Å². The van der Waals surface area contributed by atoms with E-state index < -0.39 is 11.5 Å². The van der Waals surface area contributed by atoms with Crippen LogP contribution < -0.4 is 5.43 Å². The number of pyridine rings is 1. The van der Waals surface area contributed by atoms with Crippen molar-refractivity contribution in [3.63, 3.8) is 0 Å². The van der Waals surface area contributed by atoms with Crippen LogP contribution in [0.3, 0.4) is 0 Å². The zero-order valence-corrected chi connectivity index (χ0v) is 14.9. The lowest BCUT2D eigenvalue weighted by Crippen LogP contribution is -2.51. The van der Waals surface area contributed by atoms with Crippen LogP contribution in [0.15, 0.2) is 53.3 Å². The molecule has 1 heterocycles. The number of benzene rings is 2. The van der Waals surface area contributed by atoms with E-state index >= 15 is 0 Å². The summed E-state index contributed by atoms with van der Waals surface area (Å²) in [5.74, 6) is -1.43. The van der Waals surface area contributed by atoms with E-state index in [9.17, 15) is 19.5 Å². The van der Waals surface area contributed by atoms with E-state index in [2.05, 4.69) is 0 Å². The first-order valence-electron chi connectivity index (χ1n) is 8.25. The molecule has 0 spiro atoms. The molecule has 0 aliphatic rings. The molecule has 134 valence electrons. The molecule has 1 amide bonds. The van der Waals surface area contributed by atoms with E-state index in [1.165, 1.54) is 25.8 Å². The van der Waals surface area contributed by atoms with Crippen molar-refractivity contribution in [3.8, 4) is 0 Å². The Bertz CT molecular complexity index is 1020. The number of carbonyl (C=O) groups excluding carboxylic acids is 1. The summed E-state index contributed by atoms with van der Waals surface area (Å²) >= 11 is 0. The van der Waals surface area contributed by atoms with Gasteiger partial charge in [-0.2, -0.15) is 0 Å². The van der Waals surface area contributed by atoms with Crippen molar-refractivity contribution in [2.24, 2.45) is 0 Å². The molecule has 0 radical (unpaired) electrons. The van der Waals surface area contributed by atoms with E-state index in [1.54, 1.807) is 41.0 Å². The van der Waals surface area contributed by atoms with Gasteiger partial charge in [0.05, 0.1) is 11.0 Å². The number of fused-ring (bicyclic) bond motifs is 2. The van der Waals surface area contributed by atoms with E-state index in [0.717, 1.165) is 0 Å². The number of aliphatic carboxylic acids is 1. The number of carbonyl (C=O) groups is 2. The van der Waals surface area contributed by atoms with Crippen LogP contribution in [-0.4, -0.2) is 39.0 Å². The van der Waals surface area contributed by atoms with Crippen LogP contribution in [0.4, 0.5) is 0 Å². The van der Waals surface area contributed by atoms with Gasteiger partial charge in [-0.25, -0.2) is 4.79 Å². The third kappa shape index (κ3) is 2.73. The normalized spacial score (nSPS) is 11.7. The average Bonchev–Trinajstić information content (AvgIpc) is 2.64. The molecule has 6 heteroatoms. The maximum absolute atomic E-state index is 12.8. The first kappa shape index (κ1) is 17.7. The highest BCUT2D eigenvalue weighted by Gasteiger charge is 2.35. The maximum Gasteiger partial charge on any atom is 0.329 e. The van der Waals surface area contributed by atoms with Gasteiger partial charge in [-0.15, -0.1) is 0 Å². The molecule has 6 nitrogen and oxygen atoms in total. The molecule has 26 heavy (non-hydrogen) atoms. The lowest BCUT2D eigenvalue weighted by Gasteiger charge is -2.32. The number of hydrogen-bond acceptors (Lipinski definition) is 3. The number of carboxylic acid groups (broad SMARTS) is 1. The minimum Gasteiger partial charge on any atom is -0.480 e. The highest BCUT2D eigenvalue weighted by Crippen LogP contribution is 2.20. The van der Waals surface area contributed by atoms with Gasteiger partial charge in [-0.3, -0.25) is 9.59 Å². The Balaban J connectivity index is 2.18. The number of rotatable bonds is 4. The van der Waals surface area contributed by atoms with Crippen LogP contribution in [0.2, 0.25) is 0 Å². The SMILES string of the molecule is CN(C(=O)Cn1c2ccccc2c(=O)c2ccccc21)C(C)(C)C(=O)O. The molecule has 0 saturated heterocycles. The molecule has 2 aromatic carbocycles. The lowest BCUT2D eigenvalue weighted by molar-refractivity contribution is -0.155. The van der Waals surface area contributed by atoms with Gasteiger partial charge in [0.25, 0.3) is 0 Å². The molecule has 3 aromatic rings. The van der Waals surface area contributed by atoms with E-state index in [0.29, 0.717) is 21.8 Å². The van der Waals surface area contributed by atoms with E-state index in [4.69, 9.17) is 0 Å². The first-order chi connectivity index (χ1) is 12.2. The van der Waals surface area contributed by atoms with Gasteiger partial charge in [0.1, 0.15) is 12.1 Å². The fourth-order valence-corrected chi connectivity index (χ4v) is 2.94. The number of carboxylic acids is 1. The van der Waals surface area contributed by atoms with Gasteiger partial charge < -0.3 is 14.6 Å². The summed E-state index contributed by atoms with van der Waals surface area (Å²) in [6.07, 6.45) is 0. The van der Waals surface area contributed by atoms with Crippen LogP contribution in [0.1, 0.15) is 13.8 Å². The Morgan fingerprint density at radius 1 is 1.00 bits per heavy atom. The molecule has 0 atom stereocenters. The number of aromatic nitrogens is 1. The van der Waals surface area contributed by atoms with Gasteiger partial charge >= 0.3 is 5.97 Å². The van der Waals surface area contributed by atoms with Gasteiger partial charge in [-0.05, 0) is 38.1 Å². The number of likely N-dealkylation sites (N-methyl/N-ethyl adjacent to an activating group) is 1. The zero-order chi connectivity index (χ0) is 19.1. The average molecular weight is 352 g/mol. The van der Waals surface area contributed by atoms with Crippen LogP contribution in [0.5, 0.6) is 0 Å². The Morgan fingerprint density at radius 3 is 1.92 bits per heavy atom. The molecule has 0 aliphatic heterocycles. The van der Waals surface area contributed by atoms with Crippen molar-refractivity contribution in [3.05, 3.63) is 58.8 Å². The number of hydrogen-bond donors (Lipinski definition) is 1. The Kier molecular flexibility index (Phi) is 4.28. The summed E-state index contributed by atoms with van der Waals surface area (Å²) in [6.45, 7) is 2.90. The summed E-state index contributed by atoms with van der Waals surface area (Å²) < 4.78 is 1.77. The molecule has 0 unspecified atom stereocenters. The van der Waals surface area contributed by atoms with Crippen molar-refractivity contribution >= 4 is 33.7 Å². The minimum absolute atomic E-state index is 0.0610. The van der Waals surface area contributed by atoms with E-state index in [1.807, 2.05) is 12.1 Å². The first-order valence-corrected chi connectivity index (χ1v) is 8.25.